The van der Waals surface area contributed by atoms with E-state index in [1.54, 1.807) is 48.5 Å². The van der Waals surface area contributed by atoms with Crippen molar-refractivity contribution in [3.05, 3.63) is 200 Å². The molecule has 8 aromatic rings. The summed E-state index contributed by atoms with van der Waals surface area (Å²) in [4.78, 5) is 0. The number of rotatable bonds is 4. The zero-order valence-corrected chi connectivity index (χ0v) is 46.1. The summed E-state index contributed by atoms with van der Waals surface area (Å²) in [6.45, 7) is 25.0. The second-order valence-corrected chi connectivity index (χ2v) is 24.2. The quantitative estimate of drug-likeness (QED) is 0.123. The summed E-state index contributed by atoms with van der Waals surface area (Å²) in [5.74, 6) is 11.1. The standard InChI is InChI=1S/C66H58F12N2/c1-59(2,3)43-29-44(60(4,5)6)34-51(33-43)79-55(53-19-15-13-17-41(53)23-21-39-25-47(63(67,68)69)31-48(26-39)64(70,71)72)37-58-57(79)38-56(80(58)52-35-45(61(7,8)9)30-46(36-52)62(10,11)12)54-20-16-14-18-42(54)24-22-40-27-49(65(73,74)75)32-50(28-40)66(76,77)78/h13-20,25-38H,1-12H3. The lowest BCUT2D eigenvalue weighted by atomic mass is 9.80. The van der Waals surface area contributed by atoms with Gasteiger partial charge in [0.25, 0.3) is 0 Å². The van der Waals surface area contributed by atoms with E-state index in [-0.39, 0.29) is 23.3 Å². The van der Waals surface area contributed by atoms with Gasteiger partial charge in [0.1, 0.15) is 0 Å². The fourth-order valence-corrected chi connectivity index (χ4v) is 9.28. The van der Waals surface area contributed by atoms with Crippen molar-refractivity contribution in [3.63, 3.8) is 0 Å². The van der Waals surface area contributed by atoms with Crippen LogP contribution < -0.4 is 0 Å². The van der Waals surface area contributed by atoms with Crippen molar-refractivity contribution in [2.45, 2.75) is 129 Å². The Hall–Kier alpha value is -7.58. The maximum Gasteiger partial charge on any atom is 0.416 e. The molecule has 2 nitrogen and oxygen atoms in total. The Kier molecular flexibility index (Phi) is 14.8. The van der Waals surface area contributed by atoms with Crippen molar-refractivity contribution in [2.24, 2.45) is 0 Å². The second kappa shape index (κ2) is 20.2. The number of hydrogen-bond acceptors (Lipinski definition) is 0. The SMILES string of the molecule is CC(C)(C)c1cc(-n2c(-c3ccccc3C#Cc3cc(C(F)(F)F)cc(C(F)(F)F)c3)cc3c2cc(-c2ccccc2C#Cc2cc(C(F)(F)F)cc(C(F)(F)F)c2)n3-c2cc(C(C)(C)C)cc(C(C)(C)C)c2)cc(C(C)(C)C)c1. The predicted molar refractivity (Wildman–Crippen MR) is 293 cm³/mol. The zero-order chi connectivity index (χ0) is 59.1. The number of fused-ring (bicyclic) bond motifs is 1. The van der Waals surface area contributed by atoms with Crippen LogP contribution in [0, 0.1) is 23.7 Å². The van der Waals surface area contributed by atoms with Gasteiger partial charge in [0.2, 0.25) is 0 Å². The minimum Gasteiger partial charge on any atom is -0.308 e. The monoisotopic (exact) mass is 1110 g/mol. The van der Waals surface area contributed by atoms with Gasteiger partial charge in [0.15, 0.2) is 0 Å². The summed E-state index contributed by atoms with van der Waals surface area (Å²) in [7, 11) is 0. The highest BCUT2D eigenvalue weighted by Gasteiger charge is 2.39. The molecule has 2 aromatic heterocycles. The molecule has 0 bridgehead atoms. The van der Waals surface area contributed by atoms with Gasteiger partial charge in [-0.05, 0) is 129 Å². The van der Waals surface area contributed by atoms with E-state index in [1.165, 1.54) is 0 Å². The predicted octanol–water partition coefficient (Wildman–Crippen LogP) is 19.8. The van der Waals surface area contributed by atoms with Crippen LogP contribution in [0.1, 0.15) is 150 Å². The Morgan fingerprint density at radius 3 is 0.787 bits per heavy atom. The van der Waals surface area contributed by atoms with Crippen molar-refractivity contribution in [1.82, 2.24) is 9.13 Å². The van der Waals surface area contributed by atoms with Crippen LogP contribution in [0.4, 0.5) is 52.7 Å². The highest BCUT2D eigenvalue weighted by molar-refractivity contribution is 5.95. The minimum absolute atomic E-state index is 0.0502. The molecule has 0 amide bonds. The third-order valence-electron chi connectivity index (χ3n) is 13.9. The first-order valence-corrected chi connectivity index (χ1v) is 25.6. The lowest BCUT2D eigenvalue weighted by molar-refractivity contribution is -0.144. The van der Waals surface area contributed by atoms with Crippen LogP contribution in [-0.2, 0) is 46.4 Å². The summed E-state index contributed by atoms with van der Waals surface area (Å²) in [5, 5.41) is 0. The summed E-state index contributed by atoms with van der Waals surface area (Å²) in [6, 6.07) is 32.5. The van der Waals surface area contributed by atoms with Crippen molar-refractivity contribution in [2.75, 3.05) is 0 Å². The summed E-state index contributed by atoms with van der Waals surface area (Å²) in [6.07, 6.45) is -20.4. The molecule has 14 heteroatoms. The first kappa shape index (κ1) is 58.6. The van der Waals surface area contributed by atoms with Crippen LogP contribution in [0.5, 0.6) is 0 Å². The number of alkyl halides is 12. The van der Waals surface area contributed by atoms with Gasteiger partial charge in [-0.1, -0.05) is 155 Å². The summed E-state index contributed by atoms with van der Waals surface area (Å²) < 4.78 is 173. The van der Waals surface area contributed by atoms with Crippen molar-refractivity contribution >= 4 is 11.0 Å². The van der Waals surface area contributed by atoms with E-state index in [1.807, 2.05) is 21.3 Å². The van der Waals surface area contributed by atoms with E-state index >= 15 is 0 Å². The van der Waals surface area contributed by atoms with Gasteiger partial charge >= 0.3 is 24.7 Å². The molecule has 0 atom stereocenters. The van der Waals surface area contributed by atoms with E-state index in [0.29, 0.717) is 69.2 Å². The Morgan fingerprint density at radius 1 is 0.287 bits per heavy atom. The molecule has 416 valence electrons. The van der Waals surface area contributed by atoms with Crippen molar-refractivity contribution < 1.29 is 52.7 Å². The van der Waals surface area contributed by atoms with Gasteiger partial charge in [-0.3, -0.25) is 0 Å². The van der Waals surface area contributed by atoms with Gasteiger partial charge < -0.3 is 9.13 Å². The Labute approximate surface area is 458 Å². The first-order valence-electron chi connectivity index (χ1n) is 25.6. The molecule has 0 unspecified atom stereocenters. The van der Waals surface area contributed by atoms with Gasteiger partial charge in [-0.25, -0.2) is 0 Å². The molecule has 0 aliphatic rings. The molecule has 0 spiro atoms. The largest absolute Gasteiger partial charge is 0.416 e. The fourth-order valence-electron chi connectivity index (χ4n) is 9.28. The molecule has 0 radical (unpaired) electrons. The van der Waals surface area contributed by atoms with E-state index < -0.39 is 79.7 Å². The molecule has 6 aromatic carbocycles. The number of nitrogens with zero attached hydrogens (tertiary/aromatic N) is 2. The lowest BCUT2D eigenvalue weighted by Crippen LogP contribution is -2.17. The molecule has 0 saturated heterocycles. The Morgan fingerprint density at radius 2 is 0.537 bits per heavy atom. The molecule has 0 N–H and O–H groups in total. The highest BCUT2D eigenvalue weighted by Crippen LogP contribution is 2.44. The number of benzene rings is 6. The van der Waals surface area contributed by atoms with E-state index in [2.05, 4.69) is 143 Å². The van der Waals surface area contributed by atoms with Gasteiger partial charge in [-0.15, -0.1) is 0 Å². The zero-order valence-electron chi connectivity index (χ0n) is 46.1. The molecule has 2 heterocycles. The second-order valence-electron chi connectivity index (χ2n) is 24.2. The third-order valence-corrected chi connectivity index (χ3v) is 13.9. The molecule has 0 fully saturated rings. The number of halogens is 12. The third kappa shape index (κ3) is 12.6. The molecule has 0 aliphatic heterocycles. The van der Waals surface area contributed by atoms with Gasteiger partial charge in [-0.2, -0.15) is 52.7 Å². The normalized spacial score (nSPS) is 13.1. The number of aromatic nitrogens is 2. The first-order chi connectivity index (χ1) is 36.7. The topological polar surface area (TPSA) is 9.86 Å². The van der Waals surface area contributed by atoms with Crippen LogP contribution in [0.25, 0.3) is 44.9 Å². The Balaban J connectivity index is 1.52. The fraction of sp³-hybridized carbons (Fsp3) is 0.303. The van der Waals surface area contributed by atoms with E-state index in [4.69, 9.17) is 0 Å². The number of hydrogen-bond donors (Lipinski definition) is 0. The van der Waals surface area contributed by atoms with Crippen LogP contribution in [0.3, 0.4) is 0 Å². The van der Waals surface area contributed by atoms with Crippen LogP contribution in [-0.4, -0.2) is 9.13 Å². The van der Waals surface area contributed by atoms with Crippen LogP contribution in [0.2, 0.25) is 0 Å². The average molecular weight is 1110 g/mol. The Bertz CT molecular complexity index is 3440. The molecular weight excluding hydrogens is 1050 g/mol. The van der Waals surface area contributed by atoms with Gasteiger partial charge in [0, 0.05) is 44.8 Å². The summed E-state index contributed by atoms with van der Waals surface area (Å²) >= 11 is 0. The molecule has 0 aliphatic carbocycles. The van der Waals surface area contributed by atoms with Crippen LogP contribution >= 0.6 is 0 Å². The highest BCUT2D eigenvalue weighted by atomic mass is 19.4. The smallest absolute Gasteiger partial charge is 0.308 e. The van der Waals surface area contributed by atoms with Gasteiger partial charge in [0.05, 0.1) is 44.7 Å². The molecular formula is C66H58F12N2. The maximum atomic E-state index is 14.1. The van der Waals surface area contributed by atoms with Crippen LogP contribution in [0.15, 0.2) is 133 Å². The molecule has 8 rings (SSSR count). The van der Waals surface area contributed by atoms with Crippen molar-refractivity contribution in [1.29, 1.82) is 0 Å². The summed E-state index contributed by atoms with van der Waals surface area (Å²) in [5.41, 5.74) is 0.556. The average Bonchev–Trinajstić information content (AvgIpc) is 3.89. The maximum absolute atomic E-state index is 14.1. The minimum atomic E-state index is -5.10. The van der Waals surface area contributed by atoms with Crippen molar-refractivity contribution in [3.8, 4) is 57.6 Å². The van der Waals surface area contributed by atoms with E-state index in [0.717, 1.165) is 22.3 Å². The van der Waals surface area contributed by atoms with E-state index in [9.17, 15) is 52.7 Å². The lowest BCUT2D eigenvalue weighted by Gasteiger charge is -2.27. The molecule has 80 heavy (non-hydrogen) atoms. The molecule has 0 saturated carbocycles.